The second-order valence-corrected chi connectivity index (χ2v) is 3.95. The van der Waals surface area contributed by atoms with Gasteiger partial charge in [0.2, 0.25) is 5.91 Å². The van der Waals surface area contributed by atoms with Gasteiger partial charge in [0, 0.05) is 19.6 Å². The number of nitrogens with two attached hydrogens (primary N) is 1. The van der Waals surface area contributed by atoms with E-state index in [0.717, 1.165) is 25.3 Å². The molecule has 0 spiro atoms. The first-order valence-electron chi connectivity index (χ1n) is 5.55. The van der Waals surface area contributed by atoms with Gasteiger partial charge in [0.05, 0.1) is 12.8 Å². The molecule has 1 aromatic heterocycles. The maximum absolute atomic E-state index is 11.7. The van der Waals surface area contributed by atoms with Gasteiger partial charge in [0.1, 0.15) is 11.8 Å². The first-order valence-corrected chi connectivity index (χ1v) is 5.55. The molecule has 0 aliphatic carbocycles. The lowest BCUT2D eigenvalue weighted by Crippen LogP contribution is -2.48. The Balaban J connectivity index is 2.07. The average molecular weight is 223 g/mol. The molecule has 16 heavy (non-hydrogen) atoms. The zero-order valence-corrected chi connectivity index (χ0v) is 9.19. The number of rotatable bonds is 3. The van der Waals surface area contributed by atoms with E-state index >= 15 is 0 Å². The van der Waals surface area contributed by atoms with Gasteiger partial charge in [-0.25, -0.2) is 0 Å². The van der Waals surface area contributed by atoms with Crippen molar-refractivity contribution in [2.75, 3.05) is 19.6 Å². The molecule has 1 unspecified atom stereocenters. The van der Waals surface area contributed by atoms with Gasteiger partial charge in [0.25, 0.3) is 0 Å². The summed E-state index contributed by atoms with van der Waals surface area (Å²) in [6.45, 7) is 2.57. The maximum Gasteiger partial charge on any atom is 0.238 e. The molecule has 0 aromatic carbocycles. The molecule has 1 atom stereocenters. The van der Waals surface area contributed by atoms with Crippen LogP contribution in [0.5, 0.6) is 0 Å². The molecule has 3 N–H and O–H groups in total. The van der Waals surface area contributed by atoms with E-state index in [-0.39, 0.29) is 11.9 Å². The SMILES string of the molecule is NCC1C(=O)NCCCN1Cc1ccco1. The molecule has 2 rings (SSSR count). The fraction of sp³-hybridized carbons (Fsp3) is 0.545. The molecule has 0 bridgehead atoms. The Labute approximate surface area is 94.6 Å². The third-order valence-corrected chi connectivity index (χ3v) is 2.83. The van der Waals surface area contributed by atoms with Crippen LogP contribution in [0.3, 0.4) is 0 Å². The highest BCUT2D eigenvalue weighted by molar-refractivity contribution is 5.82. The Hall–Kier alpha value is -1.33. The van der Waals surface area contributed by atoms with Crippen molar-refractivity contribution < 1.29 is 9.21 Å². The Kier molecular flexibility index (Phi) is 3.58. The number of amides is 1. The number of carbonyl (C=O) groups is 1. The zero-order chi connectivity index (χ0) is 11.4. The lowest BCUT2D eigenvalue weighted by atomic mass is 10.2. The molecule has 1 aromatic rings. The number of hydrogen-bond donors (Lipinski definition) is 2. The Morgan fingerprint density at radius 3 is 3.19 bits per heavy atom. The van der Waals surface area contributed by atoms with E-state index < -0.39 is 0 Å². The summed E-state index contributed by atoms with van der Waals surface area (Å²) in [7, 11) is 0. The van der Waals surface area contributed by atoms with E-state index in [4.69, 9.17) is 10.2 Å². The molecule has 2 heterocycles. The minimum absolute atomic E-state index is 0.0200. The average Bonchev–Trinajstić information content (AvgIpc) is 2.71. The number of carbonyl (C=O) groups excluding carboxylic acids is 1. The molecule has 5 nitrogen and oxygen atoms in total. The van der Waals surface area contributed by atoms with Crippen molar-refractivity contribution in [3.05, 3.63) is 24.2 Å². The van der Waals surface area contributed by atoms with E-state index in [1.165, 1.54) is 0 Å². The van der Waals surface area contributed by atoms with Crippen LogP contribution in [0.1, 0.15) is 12.2 Å². The highest BCUT2D eigenvalue weighted by Crippen LogP contribution is 2.11. The molecule has 1 aliphatic rings. The molecule has 1 amide bonds. The van der Waals surface area contributed by atoms with Crippen LogP contribution in [-0.4, -0.2) is 36.5 Å². The van der Waals surface area contributed by atoms with Crippen molar-refractivity contribution in [2.45, 2.75) is 19.0 Å². The molecule has 0 radical (unpaired) electrons. The highest BCUT2D eigenvalue weighted by atomic mass is 16.3. The monoisotopic (exact) mass is 223 g/mol. The lowest BCUT2D eigenvalue weighted by Gasteiger charge is -2.25. The van der Waals surface area contributed by atoms with Gasteiger partial charge in [-0.05, 0) is 18.6 Å². The van der Waals surface area contributed by atoms with Gasteiger partial charge in [-0.2, -0.15) is 0 Å². The molecule has 1 fully saturated rings. The summed E-state index contributed by atoms with van der Waals surface area (Å²) in [5, 5.41) is 2.86. The smallest absolute Gasteiger partial charge is 0.238 e. The van der Waals surface area contributed by atoms with Gasteiger partial charge in [0.15, 0.2) is 0 Å². The second-order valence-electron chi connectivity index (χ2n) is 3.95. The minimum Gasteiger partial charge on any atom is -0.468 e. The highest BCUT2D eigenvalue weighted by Gasteiger charge is 2.27. The van der Waals surface area contributed by atoms with Gasteiger partial charge in [-0.15, -0.1) is 0 Å². The van der Waals surface area contributed by atoms with Crippen LogP contribution in [0.25, 0.3) is 0 Å². The third kappa shape index (κ3) is 2.43. The van der Waals surface area contributed by atoms with Crippen LogP contribution in [0.4, 0.5) is 0 Å². The fourth-order valence-corrected chi connectivity index (χ4v) is 1.98. The summed E-state index contributed by atoms with van der Waals surface area (Å²) in [4.78, 5) is 13.8. The topological polar surface area (TPSA) is 71.5 Å². The Morgan fingerprint density at radius 1 is 1.62 bits per heavy atom. The Bertz CT molecular complexity index is 337. The molecular weight excluding hydrogens is 206 g/mol. The maximum atomic E-state index is 11.7. The first-order chi connectivity index (χ1) is 7.81. The molecular formula is C11H17N3O2. The van der Waals surface area contributed by atoms with E-state index in [9.17, 15) is 4.79 Å². The van der Waals surface area contributed by atoms with Crippen LogP contribution in [-0.2, 0) is 11.3 Å². The fourth-order valence-electron chi connectivity index (χ4n) is 1.98. The summed E-state index contributed by atoms with van der Waals surface area (Å²) in [6, 6.07) is 3.52. The second kappa shape index (κ2) is 5.14. The number of nitrogens with one attached hydrogen (secondary N) is 1. The van der Waals surface area contributed by atoms with Gasteiger partial charge >= 0.3 is 0 Å². The first kappa shape index (κ1) is 11.2. The van der Waals surface area contributed by atoms with Crippen LogP contribution in [0.15, 0.2) is 22.8 Å². The van der Waals surface area contributed by atoms with Gasteiger partial charge < -0.3 is 15.5 Å². The number of nitrogens with zero attached hydrogens (tertiary/aromatic N) is 1. The van der Waals surface area contributed by atoms with E-state index in [1.807, 2.05) is 12.1 Å². The summed E-state index contributed by atoms with van der Waals surface area (Å²) in [5.74, 6) is 0.889. The van der Waals surface area contributed by atoms with Crippen LogP contribution >= 0.6 is 0 Å². The van der Waals surface area contributed by atoms with Crippen molar-refractivity contribution in [2.24, 2.45) is 5.73 Å². The van der Waals surface area contributed by atoms with Gasteiger partial charge in [-0.1, -0.05) is 0 Å². The van der Waals surface area contributed by atoms with E-state index in [2.05, 4.69) is 10.2 Å². The normalized spacial score (nSPS) is 22.8. The van der Waals surface area contributed by atoms with Crippen molar-refractivity contribution in [3.63, 3.8) is 0 Å². The quantitative estimate of drug-likeness (QED) is 0.752. The van der Waals surface area contributed by atoms with Crippen molar-refractivity contribution in [1.82, 2.24) is 10.2 Å². The van der Waals surface area contributed by atoms with Crippen molar-refractivity contribution >= 4 is 5.91 Å². The van der Waals surface area contributed by atoms with Gasteiger partial charge in [-0.3, -0.25) is 9.69 Å². The van der Waals surface area contributed by atoms with Crippen LogP contribution < -0.4 is 11.1 Å². The zero-order valence-electron chi connectivity index (χ0n) is 9.19. The predicted molar refractivity (Wildman–Crippen MR) is 59.6 cm³/mol. The molecule has 1 aliphatic heterocycles. The van der Waals surface area contributed by atoms with E-state index in [0.29, 0.717) is 13.1 Å². The third-order valence-electron chi connectivity index (χ3n) is 2.83. The summed E-state index contributed by atoms with van der Waals surface area (Å²) < 4.78 is 5.29. The molecule has 0 saturated carbocycles. The largest absolute Gasteiger partial charge is 0.468 e. The Morgan fingerprint density at radius 2 is 2.50 bits per heavy atom. The van der Waals surface area contributed by atoms with Crippen LogP contribution in [0.2, 0.25) is 0 Å². The standard InChI is InChI=1S/C11H17N3O2/c12-7-10-11(15)13-4-2-5-14(10)8-9-3-1-6-16-9/h1,3,6,10H,2,4-5,7-8,12H2,(H,13,15). The summed E-state index contributed by atoms with van der Waals surface area (Å²) in [5.41, 5.74) is 5.65. The number of furan rings is 1. The van der Waals surface area contributed by atoms with Crippen molar-refractivity contribution in [1.29, 1.82) is 0 Å². The van der Waals surface area contributed by atoms with Crippen molar-refractivity contribution in [3.8, 4) is 0 Å². The minimum atomic E-state index is -0.243. The van der Waals surface area contributed by atoms with E-state index in [1.54, 1.807) is 6.26 Å². The summed E-state index contributed by atoms with van der Waals surface area (Å²) in [6.07, 6.45) is 2.59. The molecule has 5 heteroatoms. The summed E-state index contributed by atoms with van der Waals surface area (Å²) >= 11 is 0. The number of hydrogen-bond acceptors (Lipinski definition) is 4. The molecule has 88 valence electrons. The predicted octanol–water partition coefficient (Wildman–Crippen LogP) is -0.0712. The molecule has 1 saturated heterocycles. The van der Waals surface area contributed by atoms with Crippen LogP contribution in [0, 0.1) is 0 Å². The lowest BCUT2D eigenvalue weighted by molar-refractivity contribution is -0.125.